The molecule has 0 aromatic heterocycles. The van der Waals surface area contributed by atoms with E-state index in [-0.39, 0.29) is 10.6 Å². The molecular weight excluding hydrogens is 393 g/mol. The van der Waals surface area contributed by atoms with Crippen molar-refractivity contribution in [3.05, 3.63) is 53.1 Å². The highest BCUT2D eigenvalue weighted by atomic mass is 32.2. The molecule has 1 fully saturated rings. The molecule has 2 aromatic rings. The molecule has 1 N–H and O–H groups in total. The molecule has 0 spiro atoms. The van der Waals surface area contributed by atoms with Gasteiger partial charge >= 0.3 is 6.18 Å². The summed E-state index contributed by atoms with van der Waals surface area (Å²) < 4.78 is 72.8. The van der Waals surface area contributed by atoms with Gasteiger partial charge in [-0.2, -0.15) is 13.2 Å². The zero-order valence-corrected chi connectivity index (χ0v) is 16.3. The Morgan fingerprint density at radius 3 is 2.29 bits per heavy atom. The second-order valence-electron chi connectivity index (χ2n) is 6.68. The Balaban J connectivity index is 2.03. The summed E-state index contributed by atoms with van der Waals surface area (Å²) in [6.07, 6.45) is -4.58. The number of nitrogens with zero attached hydrogens (tertiary/aromatic N) is 1. The fourth-order valence-electron chi connectivity index (χ4n) is 2.96. The van der Waals surface area contributed by atoms with Gasteiger partial charge in [0.15, 0.2) is 0 Å². The average molecular weight is 414 g/mol. The van der Waals surface area contributed by atoms with Crippen LogP contribution < -0.4 is 9.62 Å². The molecule has 0 atom stereocenters. The first-order valence-corrected chi connectivity index (χ1v) is 10.2. The predicted octanol–water partition coefficient (Wildman–Crippen LogP) is 3.96. The van der Waals surface area contributed by atoms with Gasteiger partial charge in [0.1, 0.15) is 0 Å². The van der Waals surface area contributed by atoms with E-state index < -0.39 is 21.8 Å². The lowest BCUT2D eigenvalue weighted by atomic mass is 10.1. The zero-order chi connectivity index (χ0) is 20.5. The summed E-state index contributed by atoms with van der Waals surface area (Å²) in [7, 11) is -4.05. The molecule has 0 unspecified atom stereocenters. The number of ether oxygens (including phenoxy) is 1. The van der Waals surface area contributed by atoms with Gasteiger partial charge in [-0.25, -0.2) is 8.42 Å². The fraction of sp³-hybridized carbons (Fsp3) is 0.368. The van der Waals surface area contributed by atoms with Gasteiger partial charge in [-0.3, -0.25) is 4.72 Å². The number of nitrogens with one attached hydrogen (secondary N) is 1. The number of aryl methyl sites for hydroxylation is 2. The Kier molecular flexibility index (Phi) is 5.58. The molecule has 0 saturated carbocycles. The summed E-state index contributed by atoms with van der Waals surface area (Å²) in [6.45, 7) is 5.39. The molecule has 1 aliphatic heterocycles. The maximum atomic E-state index is 13.2. The minimum Gasteiger partial charge on any atom is -0.378 e. The first-order valence-electron chi connectivity index (χ1n) is 8.72. The first kappa shape index (κ1) is 20.5. The van der Waals surface area contributed by atoms with Crippen molar-refractivity contribution >= 4 is 21.4 Å². The highest BCUT2D eigenvalue weighted by molar-refractivity contribution is 7.92. The fourth-order valence-corrected chi connectivity index (χ4v) is 4.11. The predicted molar refractivity (Wildman–Crippen MR) is 101 cm³/mol. The lowest BCUT2D eigenvalue weighted by Gasteiger charge is -2.31. The molecule has 0 bridgehead atoms. The Labute approximate surface area is 162 Å². The van der Waals surface area contributed by atoms with Crippen molar-refractivity contribution in [2.24, 2.45) is 0 Å². The number of hydrogen-bond donors (Lipinski definition) is 1. The summed E-state index contributed by atoms with van der Waals surface area (Å²) in [5, 5.41) is 0. The van der Waals surface area contributed by atoms with E-state index in [0.717, 1.165) is 23.3 Å². The van der Waals surface area contributed by atoms with Crippen LogP contribution in [0.5, 0.6) is 0 Å². The second-order valence-corrected chi connectivity index (χ2v) is 8.36. The maximum Gasteiger partial charge on any atom is 0.416 e. The van der Waals surface area contributed by atoms with Crippen LogP contribution in [0.1, 0.15) is 16.7 Å². The van der Waals surface area contributed by atoms with Gasteiger partial charge in [-0.1, -0.05) is 6.07 Å². The van der Waals surface area contributed by atoms with Gasteiger partial charge in [0.05, 0.1) is 35.0 Å². The highest BCUT2D eigenvalue weighted by Gasteiger charge is 2.32. The normalized spacial score (nSPS) is 15.5. The number of hydrogen-bond acceptors (Lipinski definition) is 4. The number of alkyl halides is 3. The van der Waals surface area contributed by atoms with Crippen molar-refractivity contribution in [3.8, 4) is 0 Å². The van der Waals surface area contributed by atoms with Crippen LogP contribution in [0.4, 0.5) is 24.5 Å². The molecule has 0 radical (unpaired) electrons. The largest absolute Gasteiger partial charge is 0.416 e. The number of morpholine rings is 1. The van der Waals surface area contributed by atoms with E-state index in [1.165, 1.54) is 18.2 Å². The molecule has 3 rings (SSSR count). The van der Waals surface area contributed by atoms with E-state index in [0.29, 0.717) is 32.0 Å². The molecule has 1 heterocycles. The van der Waals surface area contributed by atoms with E-state index in [4.69, 9.17) is 4.74 Å². The summed E-state index contributed by atoms with van der Waals surface area (Å²) in [6, 6.07) is 7.69. The van der Waals surface area contributed by atoms with E-state index >= 15 is 0 Å². The van der Waals surface area contributed by atoms with Crippen LogP contribution in [0.2, 0.25) is 0 Å². The van der Waals surface area contributed by atoms with Gasteiger partial charge in [0.25, 0.3) is 10.0 Å². The Bertz CT molecular complexity index is 969. The Morgan fingerprint density at radius 1 is 1.00 bits per heavy atom. The van der Waals surface area contributed by atoms with Crippen LogP contribution in [-0.4, -0.2) is 34.7 Å². The van der Waals surface area contributed by atoms with Crippen LogP contribution in [0.3, 0.4) is 0 Å². The van der Waals surface area contributed by atoms with Crippen molar-refractivity contribution in [3.63, 3.8) is 0 Å². The highest BCUT2D eigenvalue weighted by Crippen LogP contribution is 2.36. The lowest BCUT2D eigenvalue weighted by Crippen LogP contribution is -2.36. The number of benzene rings is 2. The van der Waals surface area contributed by atoms with Crippen molar-refractivity contribution in [1.29, 1.82) is 0 Å². The average Bonchev–Trinajstić information content (AvgIpc) is 2.63. The number of rotatable bonds is 4. The lowest BCUT2D eigenvalue weighted by molar-refractivity contribution is -0.137. The van der Waals surface area contributed by atoms with Crippen molar-refractivity contribution in [1.82, 2.24) is 0 Å². The van der Waals surface area contributed by atoms with Crippen LogP contribution in [0.15, 0.2) is 41.3 Å². The van der Waals surface area contributed by atoms with Crippen LogP contribution in [0, 0.1) is 13.8 Å². The van der Waals surface area contributed by atoms with E-state index in [1.54, 1.807) is 13.0 Å². The van der Waals surface area contributed by atoms with Crippen LogP contribution >= 0.6 is 0 Å². The molecule has 1 saturated heterocycles. The van der Waals surface area contributed by atoms with Crippen molar-refractivity contribution in [2.45, 2.75) is 24.9 Å². The molecule has 1 aliphatic rings. The third kappa shape index (κ3) is 4.41. The molecule has 9 heteroatoms. The molecule has 28 heavy (non-hydrogen) atoms. The van der Waals surface area contributed by atoms with Gasteiger partial charge in [0, 0.05) is 13.1 Å². The van der Waals surface area contributed by atoms with Crippen molar-refractivity contribution < 1.29 is 26.3 Å². The van der Waals surface area contributed by atoms with Crippen LogP contribution in [0.25, 0.3) is 0 Å². The molecule has 0 amide bonds. The van der Waals surface area contributed by atoms with E-state index in [9.17, 15) is 21.6 Å². The number of sulfonamides is 1. The molecule has 5 nitrogen and oxygen atoms in total. The minimum absolute atomic E-state index is 0.000870. The molecule has 0 aliphatic carbocycles. The monoisotopic (exact) mass is 414 g/mol. The third-order valence-corrected chi connectivity index (χ3v) is 6.07. The zero-order valence-electron chi connectivity index (χ0n) is 15.5. The molecule has 2 aromatic carbocycles. The second kappa shape index (κ2) is 7.63. The molecular formula is C19H21F3N2O3S. The quantitative estimate of drug-likeness (QED) is 0.823. The summed E-state index contributed by atoms with van der Waals surface area (Å²) in [5.41, 5.74) is 1.08. The number of halogens is 3. The first-order chi connectivity index (χ1) is 13.1. The van der Waals surface area contributed by atoms with Crippen molar-refractivity contribution in [2.75, 3.05) is 35.9 Å². The summed E-state index contributed by atoms with van der Waals surface area (Å²) in [4.78, 5) is 1.81. The number of anilines is 2. The van der Waals surface area contributed by atoms with Crippen LogP contribution in [-0.2, 0) is 20.9 Å². The topological polar surface area (TPSA) is 58.6 Å². The summed E-state index contributed by atoms with van der Waals surface area (Å²) >= 11 is 0. The molecule has 152 valence electrons. The smallest absolute Gasteiger partial charge is 0.378 e. The summed E-state index contributed by atoms with van der Waals surface area (Å²) in [5.74, 6) is 0. The van der Waals surface area contributed by atoms with Gasteiger partial charge in [-0.05, 0) is 55.3 Å². The van der Waals surface area contributed by atoms with E-state index in [2.05, 4.69) is 4.72 Å². The Morgan fingerprint density at radius 2 is 1.68 bits per heavy atom. The maximum absolute atomic E-state index is 13.2. The standard InChI is InChI=1S/C19H21F3N2O3S/c1-13-3-5-16(11-14(13)2)28(25,26)23-17-12-15(19(20,21)22)4-6-18(17)24-7-9-27-10-8-24/h3-6,11-12,23H,7-10H2,1-2H3. The minimum atomic E-state index is -4.58. The van der Waals surface area contributed by atoms with Gasteiger partial charge < -0.3 is 9.64 Å². The Hall–Kier alpha value is -2.26. The van der Waals surface area contributed by atoms with E-state index in [1.807, 2.05) is 11.8 Å². The van der Waals surface area contributed by atoms with Gasteiger partial charge in [-0.15, -0.1) is 0 Å². The van der Waals surface area contributed by atoms with Gasteiger partial charge in [0.2, 0.25) is 0 Å². The third-order valence-electron chi connectivity index (χ3n) is 4.71. The SMILES string of the molecule is Cc1ccc(S(=O)(=O)Nc2cc(C(F)(F)F)ccc2N2CCOCC2)cc1C.